The number of hydrogen-bond acceptors (Lipinski definition) is 11. The zero-order valence-electron chi connectivity index (χ0n) is 31.2. The lowest BCUT2D eigenvalue weighted by atomic mass is 9.45. The molecule has 2 saturated carbocycles. The van der Waals surface area contributed by atoms with Crippen LogP contribution in [-0.2, 0) is 23.8 Å². The first-order chi connectivity index (χ1) is 26.0. The quantitative estimate of drug-likeness (QED) is 0.167. The predicted molar refractivity (Wildman–Crippen MR) is 197 cm³/mol. The Kier molecular flexibility index (Phi) is 9.88. The number of carbonyl (C=O) groups excluding carboxylic acids is 4. The number of aliphatic hydroxyl groups excluding tert-OH is 2. The van der Waals surface area contributed by atoms with Crippen LogP contribution in [0.1, 0.15) is 79.3 Å². The van der Waals surface area contributed by atoms with Gasteiger partial charge in [0.05, 0.1) is 35.8 Å². The van der Waals surface area contributed by atoms with Gasteiger partial charge in [-0.05, 0) is 49.2 Å². The summed E-state index contributed by atoms with van der Waals surface area (Å²) in [5.74, 6) is -4.27. The van der Waals surface area contributed by atoms with Gasteiger partial charge in [-0.15, -0.1) is 0 Å². The van der Waals surface area contributed by atoms with Crippen LogP contribution in [0.4, 0.5) is 0 Å². The summed E-state index contributed by atoms with van der Waals surface area (Å²) < 4.78 is 18.0. The molecule has 1 heterocycles. The average molecular weight is 754 g/mol. The Morgan fingerprint density at radius 1 is 0.873 bits per heavy atom. The minimum atomic E-state index is -2.12. The molecule has 0 radical (unpaired) electrons. The fraction of sp³-hybridized carbons (Fsp3) is 0.442. The smallest absolute Gasteiger partial charge is 0.338 e. The third-order valence-corrected chi connectivity index (χ3v) is 12.9. The van der Waals surface area contributed by atoms with Crippen LogP contribution in [0.2, 0.25) is 0 Å². The monoisotopic (exact) mass is 753 g/mol. The number of esters is 2. The summed E-state index contributed by atoms with van der Waals surface area (Å²) in [6.07, 6.45) is -7.70. The number of ketones is 1. The lowest BCUT2D eigenvalue weighted by Gasteiger charge is -2.66. The molecule has 0 spiro atoms. The van der Waals surface area contributed by atoms with Crippen LogP contribution in [-0.4, -0.2) is 92.4 Å². The lowest BCUT2D eigenvalue weighted by Crippen LogP contribution is -2.80. The molecule has 1 saturated heterocycles. The first kappa shape index (κ1) is 38.6. The number of aliphatic hydroxyl groups is 4. The maximum atomic E-state index is 14.6. The van der Waals surface area contributed by atoms with Crippen molar-refractivity contribution in [3.8, 4) is 0 Å². The second-order valence-electron chi connectivity index (χ2n) is 16.1. The second-order valence-corrected chi connectivity index (χ2v) is 16.1. The number of carbonyl (C=O) groups is 4. The van der Waals surface area contributed by atoms with Crippen LogP contribution >= 0.6 is 0 Å². The predicted octanol–water partition coefficient (Wildman–Crippen LogP) is 3.62. The lowest BCUT2D eigenvalue weighted by molar-refractivity contribution is -0.342. The zero-order chi connectivity index (χ0) is 39.5. The highest BCUT2D eigenvalue weighted by Gasteiger charge is 2.75. The van der Waals surface area contributed by atoms with E-state index in [0.717, 1.165) is 0 Å². The summed E-state index contributed by atoms with van der Waals surface area (Å²) in [6.45, 7) is 6.40. The normalized spacial score (nSPS) is 33.3. The number of benzene rings is 3. The Bertz CT molecular complexity index is 2000. The van der Waals surface area contributed by atoms with Crippen molar-refractivity contribution in [3.05, 3.63) is 119 Å². The Balaban J connectivity index is 1.29. The van der Waals surface area contributed by atoms with Crippen molar-refractivity contribution >= 4 is 23.6 Å². The Labute approximate surface area is 319 Å². The standard InChI is InChI=1S/C43H47NO11/c1-24-28-20-30(45)41(4)31(46)21-32-42(51,23-53-32)35(41)36(55-38(49)27-18-12-7-13-19-27)43(52,40(28,2)3)22-29(24)54-39(50)34(47)33(25-14-8-5-9-15-25)44-37(48)26-16-10-6-11-17-26/h5-19,29,31-36,46-47,51-52H,20-23H2,1-4H3,(H,44,48)/t29?,31?,32?,33?,34?,35?,36?,41-,42?,43?/m1/s1. The maximum Gasteiger partial charge on any atom is 0.338 e. The van der Waals surface area contributed by atoms with E-state index in [-0.39, 0.29) is 31.4 Å². The summed E-state index contributed by atoms with van der Waals surface area (Å²) in [5, 5.41) is 51.5. The molecule has 3 aromatic carbocycles. The van der Waals surface area contributed by atoms with Crippen LogP contribution in [0, 0.1) is 16.7 Å². The minimum absolute atomic E-state index is 0.0457. The molecular formula is C43H47NO11. The molecule has 2 bridgehead atoms. The van der Waals surface area contributed by atoms with Crippen molar-refractivity contribution in [2.45, 2.75) is 94.7 Å². The molecule has 4 aliphatic rings. The van der Waals surface area contributed by atoms with Gasteiger partial charge in [0.25, 0.3) is 5.91 Å². The first-order valence-electron chi connectivity index (χ1n) is 18.6. The number of Topliss-reactive ketones (excluding diaryl/α,β-unsaturated/α-hetero) is 1. The number of nitrogens with one attached hydrogen (secondary N) is 1. The van der Waals surface area contributed by atoms with Gasteiger partial charge in [-0.1, -0.05) is 86.2 Å². The van der Waals surface area contributed by atoms with E-state index in [1.807, 2.05) is 0 Å². The molecule has 10 atom stereocenters. The van der Waals surface area contributed by atoms with Gasteiger partial charge in [0, 0.05) is 36.2 Å². The van der Waals surface area contributed by atoms with Gasteiger partial charge in [0.15, 0.2) is 6.10 Å². The van der Waals surface area contributed by atoms with E-state index in [1.165, 1.54) is 19.1 Å². The average Bonchev–Trinajstić information content (AvgIpc) is 3.18. The Hall–Kier alpha value is -4.72. The molecule has 9 unspecified atom stereocenters. The minimum Gasteiger partial charge on any atom is -0.456 e. The molecule has 290 valence electrons. The molecule has 1 aliphatic heterocycles. The zero-order valence-corrected chi connectivity index (χ0v) is 31.2. The number of rotatable bonds is 8. The van der Waals surface area contributed by atoms with Gasteiger partial charge >= 0.3 is 11.9 Å². The molecule has 12 heteroatoms. The molecule has 0 aromatic heterocycles. The van der Waals surface area contributed by atoms with E-state index in [1.54, 1.807) is 99.6 Å². The fourth-order valence-electron chi connectivity index (χ4n) is 9.36. The number of hydrogen-bond donors (Lipinski definition) is 5. The molecule has 7 rings (SSSR count). The maximum absolute atomic E-state index is 14.6. The van der Waals surface area contributed by atoms with Crippen LogP contribution in [0.5, 0.6) is 0 Å². The van der Waals surface area contributed by atoms with Crippen LogP contribution in [0.3, 0.4) is 0 Å². The van der Waals surface area contributed by atoms with Crippen molar-refractivity contribution in [1.29, 1.82) is 0 Å². The van der Waals surface area contributed by atoms with Crippen molar-refractivity contribution < 1.29 is 53.8 Å². The van der Waals surface area contributed by atoms with Crippen molar-refractivity contribution in [2.24, 2.45) is 16.7 Å². The second kappa shape index (κ2) is 14.1. The highest BCUT2D eigenvalue weighted by Crippen LogP contribution is 2.63. The van der Waals surface area contributed by atoms with E-state index in [9.17, 15) is 39.6 Å². The molecule has 3 fully saturated rings. The van der Waals surface area contributed by atoms with Crippen molar-refractivity contribution in [1.82, 2.24) is 5.32 Å². The highest BCUT2D eigenvalue weighted by molar-refractivity contribution is 5.95. The van der Waals surface area contributed by atoms with Crippen LogP contribution in [0.25, 0.3) is 0 Å². The molecule has 55 heavy (non-hydrogen) atoms. The third-order valence-electron chi connectivity index (χ3n) is 12.9. The summed E-state index contributed by atoms with van der Waals surface area (Å²) >= 11 is 0. The molecule has 5 N–H and O–H groups in total. The topological polar surface area (TPSA) is 189 Å². The van der Waals surface area contributed by atoms with Gasteiger partial charge in [-0.3, -0.25) is 9.59 Å². The van der Waals surface area contributed by atoms with E-state index < -0.39 is 88.1 Å². The van der Waals surface area contributed by atoms with E-state index in [4.69, 9.17) is 14.2 Å². The molecule has 3 aliphatic carbocycles. The largest absolute Gasteiger partial charge is 0.456 e. The van der Waals surface area contributed by atoms with Crippen molar-refractivity contribution in [3.63, 3.8) is 0 Å². The number of ether oxygens (including phenoxy) is 3. The fourth-order valence-corrected chi connectivity index (χ4v) is 9.36. The third kappa shape index (κ3) is 6.20. The molecule has 1 amide bonds. The molecular weight excluding hydrogens is 706 g/mol. The first-order valence-corrected chi connectivity index (χ1v) is 18.6. The van der Waals surface area contributed by atoms with E-state index >= 15 is 0 Å². The van der Waals surface area contributed by atoms with Crippen LogP contribution < -0.4 is 5.32 Å². The van der Waals surface area contributed by atoms with Gasteiger partial charge in [0.2, 0.25) is 0 Å². The summed E-state index contributed by atoms with van der Waals surface area (Å²) in [5.41, 5.74) is -5.16. The summed E-state index contributed by atoms with van der Waals surface area (Å²) in [4.78, 5) is 55.9. The van der Waals surface area contributed by atoms with Crippen LogP contribution in [0.15, 0.2) is 102 Å². The summed E-state index contributed by atoms with van der Waals surface area (Å²) in [7, 11) is 0. The van der Waals surface area contributed by atoms with E-state index in [2.05, 4.69) is 5.32 Å². The summed E-state index contributed by atoms with van der Waals surface area (Å²) in [6, 6.07) is 23.6. The van der Waals surface area contributed by atoms with Crippen molar-refractivity contribution in [2.75, 3.05) is 6.61 Å². The molecule has 12 nitrogen and oxygen atoms in total. The highest BCUT2D eigenvalue weighted by atomic mass is 16.6. The molecule has 3 aromatic rings. The SMILES string of the molecule is CC1=C2CC(=O)[C@]3(C)C(O)CC4OCC4(O)C3C(OC(=O)c3ccccc3)C(O)(CC1OC(=O)C(O)C(NC(=O)c1ccccc1)c1ccccc1)C2(C)C. The van der Waals surface area contributed by atoms with Gasteiger partial charge in [0.1, 0.15) is 29.2 Å². The Morgan fingerprint density at radius 2 is 1.45 bits per heavy atom. The van der Waals surface area contributed by atoms with Gasteiger partial charge in [-0.25, -0.2) is 9.59 Å². The Morgan fingerprint density at radius 3 is 2.04 bits per heavy atom. The number of fused-ring (bicyclic) bond motifs is 5. The number of amides is 1. The van der Waals surface area contributed by atoms with Gasteiger partial charge < -0.3 is 40.0 Å². The van der Waals surface area contributed by atoms with E-state index in [0.29, 0.717) is 22.3 Å². The van der Waals surface area contributed by atoms with Gasteiger partial charge in [-0.2, -0.15) is 0 Å².